The van der Waals surface area contributed by atoms with E-state index < -0.39 is 0 Å². The number of hydrogen-bond acceptors (Lipinski definition) is 5. The van der Waals surface area contributed by atoms with Gasteiger partial charge in [-0.3, -0.25) is 4.79 Å². The molecule has 0 aliphatic carbocycles. The molecule has 1 saturated heterocycles. The van der Waals surface area contributed by atoms with E-state index in [9.17, 15) is 4.79 Å². The average molecular weight is 269 g/mol. The lowest BCUT2D eigenvalue weighted by Gasteiger charge is -2.27. The van der Waals surface area contributed by atoms with Crippen LogP contribution in [0.5, 0.6) is 0 Å². The standard InChI is InChI=1S/C12H19N3O2S/c1-10(11-8-18-9-14-11)13-3-2-12(16)15-4-6-17-7-5-15/h8-10,13H,2-7H2,1H3. The summed E-state index contributed by atoms with van der Waals surface area (Å²) in [6, 6.07) is 0.203. The quantitative estimate of drug-likeness (QED) is 0.868. The Morgan fingerprint density at radius 2 is 2.39 bits per heavy atom. The number of nitrogens with zero attached hydrogens (tertiary/aromatic N) is 2. The molecule has 0 aromatic carbocycles. The fourth-order valence-electron chi connectivity index (χ4n) is 1.91. The molecule has 1 aromatic heterocycles. The van der Waals surface area contributed by atoms with Crippen molar-refractivity contribution in [3.8, 4) is 0 Å². The van der Waals surface area contributed by atoms with E-state index in [0.29, 0.717) is 26.2 Å². The van der Waals surface area contributed by atoms with Crippen molar-refractivity contribution < 1.29 is 9.53 Å². The first kappa shape index (κ1) is 13.5. The number of carbonyl (C=O) groups is 1. The van der Waals surface area contributed by atoms with Crippen molar-refractivity contribution in [2.75, 3.05) is 32.8 Å². The fourth-order valence-corrected chi connectivity index (χ4v) is 2.55. The first-order valence-corrected chi connectivity index (χ1v) is 7.18. The number of nitrogens with one attached hydrogen (secondary N) is 1. The topological polar surface area (TPSA) is 54.5 Å². The van der Waals surface area contributed by atoms with Crippen LogP contribution in [0.4, 0.5) is 0 Å². The molecule has 1 aliphatic heterocycles. The minimum atomic E-state index is 0.203. The van der Waals surface area contributed by atoms with Crippen molar-refractivity contribution in [1.29, 1.82) is 0 Å². The van der Waals surface area contributed by atoms with Gasteiger partial charge in [0, 0.05) is 37.5 Å². The van der Waals surface area contributed by atoms with E-state index in [2.05, 4.69) is 17.2 Å². The maximum Gasteiger partial charge on any atom is 0.224 e. The molecule has 1 aliphatic rings. The maximum absolute atomic E-state index is 11.9. The van der Waals surface area contributed by atoms with Crippen LogP contribution in [0.25, 0.3) is 0 Å². The van der Waals surface area contributed by atoms with Crippen LogP contribution < -0.4 is 5.32 Å². The van der Waals surface area contributed by atoms with E-state index in [4.69, 9.17) is 4.74 Å². The highest BCUT2D eigenvalue weighted by molar-refractivity contribution is 7.07. The Labute approximate surface area is 111 Å². The van der Waals surface area contributed by atoms with Crippen molar-refractivity contribution in [2.24, 2.45) is 0 Å². The molecule has 1 N–H and O–H groups in total. The monoisotopic (exact) mass is 269 g/mol. The van der Waals surface area contributed by atoms with Crippen LogP contribution in [0.2, 0.25) is 0 Å². The molecule has 0 radical (unpaired) electrons. The first-order chi connectivity index (χ1) is 8.77. The van der Waals surface area contributed by atoms with Crippen molar-refractivity contribution in [2.45, 2.75) is 19.4 Å². The van der Waals surface area contributed by atoms with Crippen LogP contribution in [0.15, 0.2) is 10.9 Å². The second-order valence-corrected chi connectivity index (χ2v) is 5.05. The van der Waals surface area contributed by atoms with Gasteiger partial charge in [0.05, 0.1) is 24.4 Å². The molecule has 100 valence electrons. The number of amides is 1. The lowest BCUT2D eigenvalue weighted by Crippen LogP contribution is -2.41. The van der Waals surface area contributed by atoms with Crippen LogP contribution in [0.3, 0.4) is 0 Å². The molecule has 0 saturated carbocycles. The molecule has 1 aromatic rings. The third-order valence-electron chi connectivity index (χ3n) is 3.05. The van der Waals surface area contributed by atoms with Crippen molar-refractivity contribution in [3.05, 3.63) is 16.6 Å². The van der Waals surface area contributed by atoms with E-state index in [1.54, 1.807) is 11.3 Å². The molecule has 0 bridgehead atoms. The maximum atomic E-state index is 11.9. The Morgan fingerprint density at radius 1 is 1.61 bits per heavy atom. The van der Waals surface area contributed by atoms with Gasteiger partial charge < -0.3 is 15.0 Å². The highest BCUT2D eigenvalue weighted by Crippen LogP contribution is 2.11. The van der Waals surface area contributed by atoms with Gasteiger partial charge in [0.1, 0.15) is 0 Å². The van der Waals surface area contributed by atoms with Crippen LogP contribution in [-0.4, -0.2) is 48.6 Å². The molecule has 5 nitrogen and oxygen atoms in total. The number of aromatic nitrogens is 1. The Balaban J connectivity index is 1.67. The fraction of sp³-hybridized carbons (Fsp3) is 0.667. The number of carbonyl (C=O) groups excluding carboxylic acids is 1. The molecule has 18 heavy (non-hydrogen) atoms. The highest BCUT2D eigenvalue weighted by Gasteiger charge is 2.16. The Bertz CT molecular complexity index is 363. The molecule has 1 unspecified atom stereocenters. The van der Waals surface area contributed by atoms with E-state index in [0.717, 1.165) is 18.8 Å². The van der Waals surface area contributed by atoms with Gasteiger partial charge in [0.15, 0.2) is 0 Å². The van der Waals surface area contributed by atoms with E-state index in [1.165, 1.54) is 0 Å². The first-order valence-electron chi connectivity index (χ1n) is 6.24. The van der Waals surface area contributed by atoms with E-state index in [-0.39, 0.29) is 11.9 Å². The van der Waals surface area contributed by atoms with Crippen LogP contribution in [0.1, 0.15) is 25.1 Å². The minimum absolute atomic E-state index is 0.203. The second-order valence-electron chi connectivity index (χ2n) is 4.33. The summed E-state index contributed by atoms with van der Waals surface area (Å²) in [5.41, 5.74) is 2.87. The molecule has 2 rings (SSSR count). The largest absolute Gasteiger partial charge is 0.378 e. The minimum Gasteiger partial charge on any atom is -0.378 e. The smallest absolute Gasteiger partial charge is 0.224 e. The summed E-state index contributed by atoms with van der Waals surface area (Å²) in [7, 11) is 0. The summed E-state index contributed by atoms with van der Waals surface area (Å²) in [6.45, 7) is 5.52. The van der Waals surface area contributed by atoms with Crippen LogP contribution in [0, 0.1) is 0 Å². The predicted molar refractivity (Wildman–Crippen MR) is 70.5 cm³/mol. The number of morpholine rings is 1. The normalized spacial score (nSPS) is 17.7. The van der Waals surface area contributed by atoms with Gasteiger partial charge in [-0.1, -0.05) is 0 Å². The zero-order valence-corrected chi connectivity index (χ0v) is 11.4. The molecule has 1 atom stereocenters. The predicted octanol–water partition coefficient (Wildman–Crippen LogP) is 1.04. The van der Waals surface area contributed by atoms with Crippen molar-refractivity contribution >= 4 is 17.2 Å². The average Bonchev–Trinajstić information content (AvgIpc) is 2.93. The summed E-state index contributed by atoms with van der Waals surface area (Å²) >= 11 is 1.59. The summed E-state index contributed by atoms with van der Waals surface area (Å²) in [4.78, 5) is 18.0. The highest BCUT2D eigenvalue weighted by atomic mass is 32.1. The summed E-state index contributed by atoms with van der Waals surface area (Å²) in [5, 5.41) is 5.35. The van der Waals surface area contributed by atoms with Gasteiger partial charge in [0.25, 0.3) is 0 Å². The van der Waals surface area contributed by atoms with Gasteiger partial charge in [-0.25, -0.2) is 4.98 Å². The molecule has 1 amide bonds. The van der Waals surface area contributed by atoms with Gasteiger partial charge in [-0.2, -0.15) is 0 Å². The molecule has 1 fully saturated rings. The number of ether oxygens (including phenoxy) is 1. The van der Waals surface area contributed by atoms with Crippen molar-refractivity contribution in [3.63, 3.8) is 0 Å². The van der Waals surface area contributed by atoms with E-state index >= 15 is 0 Å². The van der Waals surface area contributed by atoms with Gasteiger partial charge in [-0.05, 0) is 6.92 Å². The number of rotatable bonds is 5. The van der Waals surface area contributed by atoms with Gasteiger partial charge in [0.2, 0.25) is 5.91 Å². The molecule has 2 heterocycles. The third-order valence-corrected chi connectivity index (χ3v) is 3.65. The van der Waals surface area contributed by atoms with E-state index in [1.807, 2.05) is 15.8 Å². The Hall–Kier alpha value is -0.980. The SMILES string of the molecule is CC(NCCC(=O)N1CCOCC1)c1cscn1. The Morgan fingerprint density at radius 3 is 3.06 bits per heavy atom. The summed E-state index contributed by atoms with van der Waals surface area (Å²) < 4.78 is 5.22. The van der Waals surface area contributed by atoms with Gasteiger partial charge >= 0.3 is 0 Å². The number of thiazole rings is 1. The van der Waals surface area contributed by atoms with Gasteiger partial charge in [-0.15, -0.1) is 11.3 Å². The lowest BCUT2D eigenvalue weighted by atomic mass is 10.2. The Kier molecular flexibility index (Phi) is 5.10. The summed E-state index contributed by atoms with van der Waals surface area (Å²) in [6.07, 6.45) is 0.536. The number of hydrogen-bond donors (Lipinski definition) is 1. The molecular weight excluding hydrogens is 250 g/mol. The second kappa shape index (κ2) is 6.82. The zero-order chi connectivity index (χ0) is 12.8. The zero-order valence-electron chi connectivity index (χ0n) is 10.6. The molecule has 6 heteroatoms. The third kappa shape index (κ3) is 3.76. The molecule has 0 spiro atoms. The molecular formula is C12H19N3O2S. The van der Waals surface area contributed by atoms with Crippen molar-refractivity contribution in [1.82, 2.24) is 15.2 Å². The lowest BCUT2D eigenvalue weighted by molar-refractivity contribution is -0.135. The van der Waals surface area contributed by atoms with Crippen LogP contribution >= 0.6 is 11.3 Å². The summed E-state index contributed by atoms with van der Waals surface area (Å²) in [5.74, 6) is 0.205. The van der Waals surface area contributed by atoms with Crippen LogP contribution in [-0.2, 0) is 9.53 Å².